The third-order valence-corrected chi connectivity index (χ3v) is 4.16. The first-order chi connectivity index (χ1) is 12.0. The molecule has 1 saturated heterocycles. The van der Waals surface area contributed by atoms with E-state index in [-0.39, 0.29) is 12.0 Å². The molecule has 0 aliphatic carbocycles. The SMILES string of the molecule is Cc1cc(OC2CCCN(C(=O)c3ccc(C#N)cc3)C2)nc(C)n1. The number of ether oxygens (including phenoxy) is 1. The fourth-order valence-electron chi connectivity index (χ4n) is 3.00. The molecule has 0 radical (unpaired) electrons. The number of amides is 1. The van der Waals surface area contributed by atoms with Crippen LogP contribution in [-0.4, -0.2) is 40.0 Å². The van der Waals surface area contributed by atoms with Crippen molar-refractivity contribution in [2.45, 2.75) is 32.8 Å². The van der Waals surface area contributed by atoms with Gasteiger partial charge in [0.1, 0.15) is 11.9 Å². The van der Waals surface area contributed by atoms with Gasteiger partial charge in [0.25, 0.3) is 5.91 Å². The van der Waals surface area contributed by atoms with Gasteiger partial charge in [0.2, 0.25) is 5.88 Å². The molecule has 1 amide bonds. The maximum Gasteiger partial charge on any atom is 0.253 e. The average molecular weight is 336 g/mol. The second-order valence-electron chi connectivity index (χ2n) is 6.22. The van der Waals surface area contributed by atoms with E-state index < -0.39 is 0 Å². The van der Waals surface area contributed by atoms with Crippen LogP contribution in [0.3, 0.4) is 0 Å². The molecule has 1 fully saturated rings. The lowest BCUT2D eigenvalue weighted by atomic mass is 10.1. The van der Waals surface area contributed by atoms with E-state index in [0.29, 0.717) is 35.9 Å². The third kappa shape index (κ3) is 4.13. The van der Waals surface area contributed by atoms with Crippen LogP contribution in [0.25, 0.3) is 0 Å². The Bertz CT molecular complexity index is 791. The zero-order valence-corrected chi connectivity index (χ0v) is 14.4. The number of hydrogen-bond acceptors (Lipinski definition) is 5. The number of hydrogen-bond donors (Lipinski definition) is 0. The molecular formula is C19H20N4O2. The van der Waals surface area contributed by atoms with Crippen molar-refractivity contribution < 1.29 is 9.53 Å². The van der Waals surface area contributed by atoms with Crippen molar-refractivity contribution in [3.8, 4) is 11.9 Å². The van der Waals surface area contributed by atoms with Gasteiger partial charge in [-0.25, -0.2) is 4.98 Å². The molecule has 0 saturated carbocycles. The van der Waals surface area contributed by atoms with Crippen molar-refractivity contribution >= 4 is 5.91 Å². The smallest absolute Gasteiger partial charge is 0.253 e. The molecular weight excluding hydrogens is 316 g/mol. The van der Waals surface area contributed by atoms with Gasteiger partial charge < -0.3 is 9.64 Å². The molecule has 1 atom stereocenters. The Morgan fingerprint density at radius 2 is 2.04 bits per heavy atom. The summed E-state index contributed by atoms with van der Waals surface area (Å²) in [5.41, 5.74) is 2.00. The van der Waals surface area contributed by atoms with Crippen LogP contribution in [0.15, 0.2) is 30.3 Å². The molecule has 1 aromatic carbocycles. The zero-order valence-electron chi connectivity index (χ0n) is 14.4. The van der Waals surface area contributed by atoms with Gasteiger partial charge in [-0.2, -0.15) is 10.2 Å². The first-order valence-electron chi connectivity index (χ1n) is 8.33. The minimum atomic E-state index is -0.0789. The van der Waals surface area contributed by atoms with Crippen LogP contribution in [0.5, 0.6) is 5.88 Å². The molecule has 1 aliphatic heterocycles. The van der Waals surface area contributed by atoms with Crippen LogP contribution in [0.4, 0.5) is 0 Å². The van der Waals surface area contributed by atoms with Crippen molar-refractivity contribution in [2.75, 3.05) is 13.1 Å². The molecule has 1 aliphatic rings. The number of carbonyl (C=O) groups excluding carboxylic acids is 1. The number of aromatic nitrogens is 2. The topological polar surface area (TPSA) is 79.1 Å². The number of carbonyl (C=O) groups is 1. The van der Waals surface area contributed by atoms with Gasteiger partial charge in [0.15, 0.2) is 0 Å². The predicted molar refractivity (Wildman–Crippen MR) is 92.2 cm³/mol. The van der Waals surface area contributed by atoms with Gasteiger partial charge in [0, 0.05) is 23.9 Å². The number of nitriles is 1. The quantitative estimate of drug-likeness (QED) is 0.861. The normalized spacial score (nSPS) is 17.0. The molecule has 0 bridgehead atoms. The highest BCUT2D eigenvalue weighted by Gasteiger charge is 2.26. The van der Waals surface area contributed by atoms with E-state index in [2.05, 4.69) is 16.0 Å². The monoisotopic (exact) mass is 336 g/mol. The average Bonchev–Trinajstić information content (AvgIpc) is 2.60. The van der Waals surface area contributed by atoms with E-state index >= 15 is 0 Å². The fourth-order valence-corrected chi connectivity index (χ4v) is 3.00. The summed E-state index contributed by atoms with van der Waals surface area (Å²) in [7, 11) is 0. The maximum absolute atomic E-state index is 12.7. The number of piperidine rings is 1. The Kier molecular flexibility index (Phi) is 4.94. The van der Waals surface area contributed by atoms with Crippen LogP contribution in [0, 0.1) is 25.2 Å². The largest absolute Gasteiger partial charge is 0.472 e. The molecule has 128 valence electrons. The standard InChI is InChI=1S/C19H20N4O2/c1-13-10-18(22-14(2)21-13)25-17-4-3-9-23(12-17)19(24)16-7-5-15(11-20)6-8-16/h5-8,10,17H,3-4,9,12H2,1-2H3. The molecule has 2 aromatic rings. The third-order valence-electron chi connectivity index (χ3n) is 4.16. The van der Waals surface area contributed by atoms with Gasteiger partial charge in [-0.3, -0.25) is 4.79 Å². The van der Waals surface area contributed by atoms with Gasteiger partial charge >= 0.3 is 0 Å². The number of likely N-dealkylation sites (tertiary alicyclic amines) is 1. The number of aryl methyl sites for hydroxylation is 2. The van der Waals surface area contributed by atoms with Gasteiger partial charge in [-0.05, 0) is 51.0 Å². The minimum Gasteiger partial charge on any atom is -0.472 e. The van der Waals surface area contributed by atoms with E-state index in [1.54, 1.807) is 29.2 Å². The Balaban J connectivity index is 1.67. The summed E-state index contributed by atoms with van der Waals surface area (Å²) in [6.07, 6.45) is 1.69. The van der Waals surface area contributed by atoms with E-state index in [9.17, 15) is 4.79 Å². The van der Waals surface area contributed by atoms with Crippen LogP contribution >= 0.6 is 0 Å². The Labute approximate surface area is 147 Å². The summed E-state index contributed by atoms with van der Waals surface area (Å²) < 4.78 is 5.98. The molecule has 1 aromatic heterocycles. The lowest BCUT2D eigenvalue weighted by Gasteiger charge is -2.32. The summed E-state index contributed by atoms with van der Waals surface area (Å²) in [6, 6.07) is 10.6. The van der Waals surface area contributed by atoms with E-state index in [1.807, 2.05) is 19.9 Å². The van der Waals surface area contributed by atoms with E-state index in [0.717, 1.165) is 18.5 Å². The van der Waals surface area contributed by atoms with Crippen molar-refractivity contribution in [2.24, 2.45) is 0 Å². The van der Waals surface area contributed by atoms with Crippen LogP contribution in [-0.2, 0) is 0 Å². The highest BCUT2D eigenvalue weighted by molar-refractivity contribution is 5.94. The molecule has 2 heterocycles. The highest BCUT2D eigenvalue weighted by atomic mass is 16.5. The van der Waals surface area contributed by atoms with Crippen LogP contribution in [0.2, 0.25) is 0 Å². The maximum atomic E-state index is 12.7. The molecule has 0 spiro atoms. The molecule has 1 unspecified atom stereocenters. The van der Waals surface area contributed by atoms with Crippen LogP contribution in [0.1, 0.15) is 40.3 Å². The van der Waals surface area contributed by atoms with Gasteiger partial charge in [0.05, 0.1) is 18.2 Å². The number of rotatable bonds is 3. The van der Waals surface area contributed by atoms with E-state index in [1.165, 1.54) is 0 Å². The first-order valence-corrected chi connectivity index (χ1v) is 8.33. The summed E-state index contributed by atoms with van der Waals surface area (Å²) >= 11 is 0. The van der Waals surface area contributed by atoms with Crippen molar-refractivity contribution in [1.82, 2.24) is 14.9 Å². The molecule has 6 nitrogen and oxygen atoms in total. The van der Waals surface area contributed by atoms with Crippen molar-refractivity contribution in [1.29, 1.82) is 5.26 Å². The lowest BCUT2D eigenvalue weighted by molar-refractivity contribution is 0.0527. The molecule has 0 N–H and O–H groups in total. The van der Waals surface area contributed by atoms with E-state index in [4.69, 9.17) is 10.00 Å². The van der Waals surface area contributed by atoms with Gasteiger partial charge in [-0.15, -0.1) is 0 Å². The summed E-state index contributed by atoms with van der Waals surface area (Å²) in [5, 5.41) is 8.86. The van der Waals surface area contributed by atoms with Crippen molar-refractivity contribution in [3.63, 3.8) is 0 Å². The summed E-state index contributed by atoms with van der Waals surface area (Å²) in [6.45, 7) is 4.98. The number of nitrogens with zero attached hydrogens (tertiary/aromatic N) is 4. The predicted octanol–water partition coefficient (Wildman–Crippen LogP) is 2.65. The van der Waals surface area contributed by atoms with Crippen molar-refractivity contribution in [3.05, 3.63) is 53.0 Å². The Morgan fingerprint density at radius 1 is 1.28 bits per heavy atom. The summed E-state index contributed by atoms with van der Waals surface area (Å²) in [5.74, 6) is 1.20. The minimum absolute atomic E-state index is 0.0344. The van der Waals surface area contributed by atoms with Crippen LogP contribution < -0.4 is 4.74 Å². The highest BCUT2D eigenvalue weighted by Crippen LogP contribution is 2.19. The Morgan fingerprint density at radius 3 is 2.72 bits per heavy atom. The first kappa shape index (κ1) is 16.9. The molecule has 25 heavy (non-hydrogen) atoms. The zero-order chi connectivity index (χ0) is 17.8. The lowest BCUT2D eigenvalue weighted by Crippen LogP contribution is -2.44. The van der Waals surface area contributed by atoms with Gasteiger partial charge in [-0.1, -0.05) is 0 Å². The molecule has 3 rings (SSSR count). The molecule has 6 heteroatoms. The second-order valence-corrected chi connectivity index (χ2v) is 6.22. The number of benzene rings is 1. The summed E-state index contributed by atoms with van der Waals surface area (Å²) in [4.78, 5) is 23.0. The Hall–Kier alpha value is -2.94. The fraction of sp³-hybridized carbons (Fsp3) is 0.368. The second kappa shape index (κ2) is 7.31.